The molecule has 3 heteroatoms. The Labute approximate surface area is 54.1 Å². The monoisotopic (exact) mass is 126 g/mol. The summed E-state index contributed by atoms with van der Waals surface area (Å²) in [5.41, 5.74) is 6.16. The smallest absolute Gasteiger partial charge is 0.153 e. The third-order valence-corrected chi connectivity index (χ3v) is 0.947. The lowest BCUT2D eigenvalue weighted by molar-refractivity contribution is -0.104. The molecule has 0 aromatic rings. The molecular formula is C6H10N2O. The first-order valence-corrected chi connectivity index (χ1v) is 2.56. The number of carbonyl (C=O) groups is 1. The minimum atomic E-state index is 0.213. The van der Waals surface area contributed by atoms with Crippen molar-refractivity contribution in [3.63, 3.8) is 0 Å². The third-order valence-electron chi connectivity index (χ3n) is 0.947. The average Bonchev–Trinajstić information content (AvgIpc) is 1.64. The first-order chi connectivity index (χ1) is 4.09. The van der Waals surface area contributed by atoms with E-state index in [9.17, 15) is 4.79 Å². The van der Waals surface area contributed by atoms with E-state index in [1.54, 1.807) is 6.92 Å². The Balaban J connectivity index is 4.55. The Morgan fingerprint density at radius 3 is 2.00 bits per heavy atom. The van der Waals surface area contributed by atoms with Gasteiger partial charge in [0.2, 0.25) is 0 Å². The second-order valence-corrected chi connectivity index (χ2v) is 1.84. The highest BCUT2D eigenvalue weighted by atomic mass is 16.1. The summed E-state index contributed by atoms with van der Waals surface area (Å²) in [6.07, 6.45) is 0.595. The van der Waals surface area contributed by atoms with Crippen LogP contribution in [-0.4, -0.2) is 12.0 Å². The molecule has 0 fully saturated rings. The third kappa shape index (κ3) is 2.08. The van der Waals surface area contributed by atoms with Gasteiger partial charge < -0.3 is 11.1 Å². The van der Waals surface area contributed by atoms with Crippen molar-refractivity contribution in [2.24, 2.45) is 5.73 Å². The van der Waals surface area contributed by atoms with Gasteiger partial charge in [-0.05, 0) is 13.8 Å². The fourth-order valence-corrected chi connectivity index (χ4v) is 0.477. The van der Waals surface area contributed by atoms with Crippen molar-refractivity contribution >= 4 is 12.0 Å². The second kappa shape index (κ2) is 3.02. The number of carbonyl (C=O) groups excluding carboxylic acids is 1. The first-order valence-electron chi connectivity index (χ1n) is 2.56. The van der Waals surface area contributed by atoms with Crippen molar-refractivity contribution in [1.82, 2.24) is 0 Å². The van der Waals surface area contributed by atoms with Crippen LogP contribution in [0, 0.1) is 5.41 Å². The lowest BCUT2D eigenvalue weighted by Crippen LogP contribution is -2.05. The van der Waals surface area contributed by atoms with E-state index in [4.69, 9.17) is 11.1 Å². The second-order valence-electron chi connectivity index (χ2n) is 1.84. The summed E-state index contributed by atoms with van der Waals surface area (Å²) in [5, 5.41) is 7.01. The number of allylic oxidation sites excluding steroid dienone is 2. The Hall–Kier alpha value is -1.12. The van der Waals surface area contributed by atoms with Gasteiger partial charge in [-0.3, -0.25) is 4.79 Å². The summed E-state index contributed by atoms with van der Waals surface area (Å²) in [7, 11) is 0. The van der Waals surface area contributed by atoms with E-state index in [2.05, 4.69) is 0 Å². The minimum Gasteiger partial charge on any atom is -0.402 e. The molecule has 50 valence electrons. The molecule has 3 nitrogen and oxygen atoms in total. The number of rotatable bonds is 2. The van der Waals surface area contributed by atoms with E-state index < -0.39 is 0 Å². The van der Waals surface area contributed by atoms with Crippen LogP contribution in [0.25, 0.3) is 0 Å². The van der Waals surface area contributed by atoms with E-state index in [0.717, 1.165) is 0 Å². The Kier molecular flexibility index (Phi) is 2.64. The van der Waals surface area contributed by atoms with Gasteiger partial charge in [0, 0.05) is 11.4 Å². The Morgan fingerprint density at radius 2 is 2.00 bits per heavy atom. The molecule has 0 saturated carbocycles. The summed E-state index contributed by atoms with van der Waals surface area (Å²) in [4.78, 5) is 10.1. The van der Waals surface area contributed by atoms with Crippen LogP contribution in [-0.2, 0) is 4.79 Å². The van der Waals surface area contributed by atoms with Crippen LogP contribution in [0.15, 0.2) is 11.3 Å². The average molecular weight is 126 g/mol. The fraction of sp³-hybridized carbons (Fsp3) is 0.333. The van der Waals surface area contributed by atoms with Gasteiger partial charge >= 0.3 is 0 Å². The molecule has 9 heavy (non-hydrogen) atoms. The molecule has 0 aliphatic rings. The number of nitrogens with two attached hydrogens (primary N) is 1. The van der Waals surface area contributed by atoms with Crippen LogP contribution in [0.2, 0.25) is 0 Å². The molecule has 0 saturated heterocycles. The van der Waals surface area contributed by atoms with E-state index in [-0.39, 0.29) is 11.3 Å². The van der Waals surface area contributed by atoms with E-state index in [1.165, 1.54) is 6.92 Å². The van der Waals surface area contributed by atoms with Gasteiger partial charge in [0.15, 0.2) is 6.29 Å². The molecule has 0 heterocycles. The van der Waals surface area contributed by atoms with Gasteiger partial charge in [-0.1, -0.05) is 0 Å². The largest absolute Gasteiger partial charge is 0.402 e. The number of hydrogen-bond acceptors (Lipinski definition) is 3. The quantitative estimate of drug-likeness (QED) is 0.320. The first kappa shape index (κ1) is 7.88. The van der Waals surface area contributed by atoms with Crippen molar-refractivity contribution in [1.29, 1.82) is 5.41 Å². The highest BCUT2D eigenvalue weighted by Crippen LogP contribution is 1.94. The Morgan fingerprint density at radius 1 is 1.56 bits per heavy atom. The molecule has 0 aliphatic heterocycles. The predicted octanol–water partition coefficient (Wildman–Crippen LogP) is 0.458. The molecule has 0 aliphatic carbocycles. The van der Waals surface area contributed by atoms with Crippen LogP contribution >= 0.6 is 0 Å². The van der Waals surface area contributed by atoms with Crippen molar-refractivity contribution in [3.05, 3.63) is 11.3 Å². The van der Waals surface area contributed by atoms with Crippen LogP contribution in [0.5, 0.6) is 0 Å². The topological polar surface area (TPSA) is 66.9 Å². The molecule has 0 aromatic heterocycles. The molecule has 0 unspecified atom stereocenters. The maximum Gasteiger partial charge on any atom is 0.153 e. The van der Waals surface area contributed by atoms with Gasteiger partial charge in [-0.25, -0.2) is 0 Å². The fourth-order valence-electron chi connectivity index (χ4n) is 0.477. The zero-order valence-corrected chi connectivity index (χ0v) is 5.56. The summed E-state index contributed by atoms with van der Waals surface area (Å²) in [6.45, 7) is 3.13. The summed E-state index contributed by atoms with van der Waals surface area (Å²) in [6, 6.07) is 0. The Bertz CT molecular complexity index is 166. The summed E-state index contributed by atoms with van der Waals surface area (Å²) in [5.74, 6) is 0. The lowest BCUT2D eigenvalue weighted by atomic mass is 10.1. The zero-order chi connectivity index (χ0) is 7.44. The lowest BCUT2D eigenvalue weighted by Gasteiger charge is -1.96. The molecule has 0 rings (SSSR count). The van der Waals surface area contributed by atoms with Gasteiger partial charge in [-0.15, -0.1) is 0 Å². The SMILES string of the molecule is CC(=N)/C(C=O)=C(/C)N. The summed E-state index contributed by atoms with van der Waals surface area (Å²) < 4.78 is 0. The van der Waals surface area contributed by atoms with Crippen molar-refractivity contribution < 1.29 is 4.79 Å². The zero-order valence-electron chi connectivity index (χ0n) is 5.56. The molecule has 0 spiro atoms. The normalized spacial score (nSPS) is 12.2. The van der Waals surface area contributed by atoms with Crippen LogP contribution < -0.4 is 5.73 Å². The number of nitrogens with one attached hydrogen (secondary N) is 1. The molecule has 0 bridgehead atoms. The number of hydrogen-bond donors (Lipinski definition) is 2. The predicted molar refractivity (Wildman–Crippen MR) is 36.4 cm³/mol. The van der Waals surface area contributed by atoms with E-state index in [1.807, 2.05) is 0 Å². The number of aldehydes is 1. The van der Waals surface area contributed by atoms with Crippen LogP contribution in [0.4, 0.5) is 0 Å². The molecule has 0 aromatic carbocycles. The van der Waals surface area contributed by atoms with Gasteiger partial charge in [0.05, 0.1) is 5.57 Å². The molecule has 0 atom stereocenters. The minimum absolute atomic E-state index is 0.213. The standard InChI is InChI=1S/C6H10N2O/c1-4(7)6(3-9)5(2)8/h3,7H,8H2,1-2H3/b6-5-,7-4?. The van der Waals surface area contributed by atoms with Crippen molar-refractivity contribution in [2.75, 3.05) is 0 Å². The van der Waals surface area contributed by atoms with Gasteiger partial charge in [0.25, 0.3) is 0 Å². The highest BCUT2D eigenvalue weighted by molar-refractivity contribution is 6.12. The maximum atomic E-state index is 10.1. The summed E-state index contributed by atoms with van der Waals surface area (Å²) >= 11 is 0. The highest BCUT2D eigenvalue weighted by Gasteiger charge is 1.98. The van der Waals surface area contributed by atoms with Crippen molar-refractivity contribution in [3.8, 4) is 0 Å². The molecular weight excluding hydrogens is 116 g/mol. The molecule has 3 N–H and O–H groups in total. The maximum absolute atomic E-state index is 10.1. The van der Waals surface area contributed by atoms with Gasteiger partial charge in [-0.2, -0.15) is 0 Å². The van der Waals surface area contributed by atoms with E-state index >= 15 is 0 Å². The van der Waals surface area contributed by atoms with Crippen molar-refractivity contribution in [2.45, 2.75) is 13.8 Å². The molecule has 0 radical (unpaired) electrons. The van der Waals surface area contributed by atoms with Gasteiger partial charge in [0.1, 0.15) is 0 Å². The van der Waals surface area contributed by atoms with Crippen LogP contribution in [0.1, 0.15) is 13.8 Å². The molecule has 0 amide bonds. The van der Waals surface area contributed by atoms with Crippen LogP contribution in [0.3, 0.4) is 0 Å². The van der Waals surface area contributed by atoms with E-state index in [0.29, 0.717) is 12.0 Å².